The van der Waals surface area contributed by atoms with E-state index >= 15 is 0 Å². The Morgan fingerprint density at radius 1 is 1.13 bits per heavy atom. The van der Waals surface area contributed by atoms with E-state index < -0.39 is 10.0 Å². The standard InChI is InChI=1S/C15H19ClN4O2S/c1-20(2)10-9-17-13-5-8-15(18-11-13)19-23(21,22)14-6-3-12(16)4-7-14/h3-8,11,17H,9-10H2,1-2H3,(H,18,19). The van der Waals surface area contributed by atoms with Crippen LogP contribution in [0.1, 0.15) is 0 Å². The van der Waals surface area contributed by atoms with Crippen molar-refractivity contribution < 1.29 is 8.42 Å². The number of sulfonamides is 1. The van der Waals surface area contributed by atoms with Gasteiger partial charge in [-0.15, -0.1) is 0 Å². The van der Waals surface area contributed by atoms with E-state index in [1.54, 1.807) is 18.3 Å². The lowest BCUT2D eigenvalue weighted by molar-refractivity contribution is 0.425. The van der Waals surface area contributed by atoms with Gasteiger partial charge in [-0.3, -0.25) is 4.72 Å². The van der Waals surface area contributed by atoms with Crippen molar-refractivity contribution in [2.24, 2.45) is 0 Å². The molecule has 1 aromatic heterocycles. The van der Waals surface area contributed by atoms with Crippen LogP contribution in [0.25, 0.3) is 0 Å². The molecule has 23 heavy (non-hydrogen) atoms. The van der Waals surface area contributed by atoms with Crippen molar-refractivity contribution in [3.63, 3.8) is 0 Å². The molecule has 0 aliphatic carbocycles. The van der Waals surface area contributed by atoms with Gasteiger partial charge in [-0.25, -0.2) is 13.4 Å². The predicted octanol–water partition coefficient (Wildman–Crippen LogP) is 2.51. The molecule has 2 aromatic rings. The van der Waals surface area contributed by atoms with Crippen molar-refractivity contribution in [3.8, 4) is 0 Å². The van der Waals surface area contributed by atoms with Crippen LogP contribution in [0.2, 0.25) is 5.02 Å². The Bertz CT molecular complexity index is 731. The third-order valence-corrected chi connectivity index (χ3v) is 4.64. The summed E-state index contributed by atoms with van der Waals surface area (Å²) in [5, 5.41) is 3.69. The van der Waals surface area contributed by atoms with Gasteiger partial charge in [0.1, 0.15) is 5.82 Å². The number of halogens is 1. The van der Waals surface area contributed by atoms with Crippen LogP contribution in [-0.2, 0) is 10.0 Å². The highest BCUT2D eigenvalue weighted by Crippen LogP contribution is 2.18. The van der Waals surface area contributed by atoms with E-state index in [4.69, 9.17) is 11.6 Å². The van der Waals surface area contributed by atoms with E-state index in [0.29, 0.717) is 5.02 Å². The number of likely N-dealkylation sites (N-methyl/N-ethyl adjacent to an activating group) is 1. The second kappa shape index (κ2) is 7.63. The number of benzene rings is 1. The Morgan fingerprint density at radius 2 is 1.83 bits per heavy atom. The van der Waals surface area contributed by atoms with Crippen LogP contribution < -0.4 is 10.0 Å². The third-order valence-electron chi connectivity index (χ3n) is 3.01. The van der Waals surface area contributed by atoms with Gasteiger partial charge in [-0.2, -0.15) is 0 Å². The first-order chi connectivity index (χ1) is 10.9. The molecule has 0 aliphatic heterocycles. The zero-order chi connectivity index (χ0) is 16.9. The SMILES string of the molecule is CN(C)CCNc1ccc(NS(=O)(=O)c2ccc(Cl)cc2)nc1. The molecule has 0 spiro atoms. The summed E-state index contributed by atoms with van der Waals surface area (Å²) >= 11 is 5.76. The molecule has 0 amide bonds. The van der Waals surface area contributed by atoms with Crippen LogP contribution in [0, 0.1) is 0 Å². The first-order valence-corrected chi connectivity index (χ1v) is 8.86. The molecule has 0 saturated carbocycles. The largest absolute Gasteiger partial charge is 0.383 e. The monoisotopic (exact) mass is 354 g/mol. The zero-order valence-corrected chi connectivity index (χ0v) is 14.5. The number of hydrogen-bond acceptors (Lipinski definition) is 5. The molecule has 1 aromatic carbocycles. The molecule has 0 saturated heterocycles. The van der Waals surface area contributed by atoms with Gasteiger partial charge in [0, 0.05) is 18.1 Å². The molecular weight excluding hydrogens is 336 g/mol. The molecule has 0 atom stereocenters. The molecule has 0 aliphatic rings. The Balaban J connectivity index is 2.01. The van der Waals surface area contributed by atoms with E-state index in [-0.39, 0.29) is 10.7 Å². The molecule has 2 rings (SSSR count). The molecule has 2 N–H and O–H groups in total. The highest BCUT2D eigenvalue weighted by molar-refractivity contribution is 7.92. The van der Waals surface area contributed by atoms with Gasteiger partial charge < -0.3 is 10.2 Å². The van der Waals surface area contributed by atoms with Crippen molar-refractivity contribution in [1.29, 1.82) is 0 Å². The quantitative estimate of drug-likeness (QED) is 0.799. The van der Waals surface area contributed by atoms with Gasteiger partial charge in [-0.05, 0) is 50.5 Å². The normalized spacial score (nSPS) is 11.5. The zero-order valence-electron chi connectivity index (χ0n) is 13.0. The number of nitrogens with one attached hydrogen (secondary N) is 2. The van der Waals surface area contributed by atoms with Crippen LogP contribution in [0.5, 0.6) is 0 Å². The van der Waals surface area contributed by atoms with E-state index in [1.807, 2.05) is 14.1 Å². The summed E-state index contributed by atoms with van der Waals surface area (Å²) in [6, 6.07) is 9.35. The highest BCUT2D eigenvalue weighted by atomic mass is 35.5. The van der Waals surface area contributed by atoms with Crippen LogP contribution in [0.15, 0.2) is 47.5 Å². The number of pyridine rings is 1. The van der Waals surface area contributed by atoms with Crippen molar-refractivity contribution in [2.75, 3.05) is 37.2 Å². The lowest BCUT2D eigenvalue weighted by Gasteiger charge is -2.12. The summed E-state index contributed by atoms with van der Waals surface area (Å²) < 4.78 is 26.9. The maximum Gasteiger partial charge on any atom is 0.263 e. The molecule has 0 bridgehead atoms. The van der Waals surface area contributed by atoms with Crippen molar-refractivity contribution in [1.82, 2.24) is 9.88 Å². The lowest BCUT2D eigenvalue weighted by atomic mass is 10.4. The van der Waals surface area contributed by atoms with Gasteiger partial charge in [0.05, 0.1) is 16.8 Å². The predicted molar refractivity (Wildman–Crippen MR) is 93.5 cm³/mol. The minimum atomic E-state index is -3.67. The number of nitrogens with zero attached hydrogens (tertiary/aromatic N) is 2. The molecule has 0 radical (unpaired) electrons. The number of aromatic nitrogens is 1. The van der Waals surface area contributed by atoms with E-state index in [1.165, 1.54) is 24.3 Å². The Labute approximate surface area is 141 Å². The molecule has 1 heterocycles. The summed E-state index contributed by atoms with van der Waals surface area (Å²) in [6.45, 7) is 1.68. The summed E-state index contributed by atoms with van der Waals surface area (Å²) in [4.78, 5) is 6.31. The molecule has 124 valence electrons. The van der Waals surface area contributed by atoms with E-state index in [0.717, 1.165) is 18.8 Å². The summed E-state index contributed by atoms with van der Waals surface area (Å²) in [5.41, 5.74) is 0.835. The van der Waals surface area contributed by atoms with Gasteiger partial charge >= 0.3 is 0 Å². The van der Waals surface area contributed by atoms with Crippen molar-refractivity contribution in [2.45, 2.75) is 4.90 Å². The average molecular weight is 355 g/mol. The van der Waals surface area contributed by atoms with Gasteiger partial charge in [-0.1, -0.05) is 11.6 Å². The second-order valence-electron chi connectivity index (χ2n) is 5.22. The lowest BCUT2D eigenvalue weighted by Crippen LogP contribution is -2.20. The Morgan fingerprint density at radius 3 is 2.39 bits per heavy atom. The summed E-state index contributed by atoms with van der Waals surface area (Å²) in [6.07, 6.45) is 1.59. The fraction of sp³-hybridized carbons (Fsp3) is 0.267. The van der Waals surface area contributed by atoms with Gasteiger partial charge in [0.25, 0.3) is 10.0 Å². The topological polar surface area (TPSA) is 74.3 Å². The first-order valence-electron chi connectivity index (χ1n) is 7.00. The maximum atomic E-state index is 12.2. The molecular formula is C15H19ClN4O2S. The van der Waals surface area contributed by atoms with Crippen molar-refractivity contribution in [3.05, 3.63) is 47.6 Å². The molecule has 8 heteroatoms. The minimum absolute atomic E-state index is 0.136. The molecule has 0 unspecified atom stereocenters. The smallest absolute Gasteiger partial charge is 0.263 e. The van der Waals surface area contributed by atoms with Gasteiger partial charge in [0.15, 0.2) is 0 Å². The fourth-order valence-corrected chi connectivity index (χ4v) is 2.93. The van der Waals surface area contributed by atoms with E-state index in [9.17, 15) is 8.42 Å². The first kappa shape index (κ1) is 17.5. The average Bonchev–Trinajstić information content (AvgIpc) is 2.49. The fourth-order valence-electron chi connectivity index (χ4n) is 1.79. The molecule has 6 nitrogen and oxygen atoms in total. The molecule has 0 fully saturated rings. The summed E-state index contributed by atoms with van der Waals surface area (Å²) in [7, 11) is 0.320. The minimum Gasteiger partial charge on any atom is -0.383 e. The Kier molecular flexibility index (Phi) is 5.81. The number of hydrogen-bond donors (Lipinski definition) is 2. The number of rotatable bonds is 7. The van der Waals surface area contributed by atoms with E-state index in [2.05, 4.69) is 19.9 Å². The third kappa shape index (κ3) is 5.38. The van der Waals surface area contributed by atoms with Crippen LogP contribution in [-0.4, -0.2) is 45.5 Å². The highest BCUT2D eigenvalue weighted by Gasteiger charge is 2.14. The van der Waals surface area contributed by atoms with Crippen LogP contribution in [0.4, 0.5) is 11.5 Å². The van der Waals surface area contributed by atoms with Crippen LogP contribution in [0.3, 0.4) is 0 Å². The number of anilines is 2. The van der Waals surface area contributed by atoms with Crippen molar-refractivity contribution >= 4 is 33.1 Å². The van der Waals surface area contributed by atoms with Gasteiger partial charge in [0.2, 0.25) is 0 Å². The summed E-state index contributed by atoms with van der Waals surface area (Å²) in [5.74, 6) is 0.262. The second-order valence-corrected chi connectivity index (χ2v) is 7.34. The maximum absolute atomic E-state index is 12.2. The Hall–Kier alpha value is -1.83. The van der Waals surface area contributed by atoms with Crippen LogP contribution >= 0.6 is 11.6 Å².